The summed E-state index contributed by atoms with van der Waals surface area (Å²) in [6.07, 6.45) is 5.34. The zero-order chi connectivity index (χ0) is 10.3. The fourth-order valence-corrected chi connectivity index (χ4v) is 1.02. The van der Waals surface area contributed by atoms with Gasteiger partial charge in [0.15, 0.2) is 0 Å². The maximum atomic E-state index is 9.66. The molecule has 0 aromatic heterocycles. The third-order valence-electron chi connectivity index (χ3n) is 2.31. The summed E-state index contributed by atoms with van der Waals surface area (Å²) < 4.78 is 0. The Balaban J connectivity index is 3.65. The quantitative estimate of drug-likeness (QED) is 0.523. The molecule has 2 nitrogen and oxygen atoms in total. The molecule has 0 aromatic carbocycles. The Labute approximate surface area is 80.9 Å². The van der Waals surface area contributed by atoms with E-state index in [0.717, 1.165) is 31.3 Å². The second kappa shape index (κ2) is 5.77. The summed E-state index contributed by atoms with van der Waals surface area (Å²) >= 11 is 0. The molecule has 0 aromatic rings. The molecule has 0 fully saturated rings. The molecule has 0 aliphatic rings. The molecule has 0 amide bonds. The van der Waals surface area contributed by atoms with Crippen LogP contribution in [0.25, 0.3) is 0 Å². The van der Waals surface area contributed by atoms with Crippen molar-refractivity contribution in [3.8, 4) is 6.07 Å². The smallest absolute Gasteiger partial charge is 0.0940 e. The molecule has 1 unspecified atom stereocenters. The van der Waals surface area contributed by atoms with E-state index in [9.17, 15) is 5.11 Å². The van der Waals surface area contributed by atoms with Crippen molar-refractivity contribution in [3.05, 3.63) is 11.6 Å². The molecule has 74 valence electrons. The summed E-state index contributed by atoms with van der Waals surface area (Å²) in [7, 11) is 0. The molecule has 0 bridgehead atoms. The number of allylic oxidation sites excluding steroid dienone is 2. The third-order valence-corrected chi connectivity index (χ3v) is 2.31. The van der Waals surface area contributed by atoms with Gasteiger partial charge in [0.1, 0.15) is 0 Å². The summed E-state index contributed by atoms with van der Waals surface area (Å²) in [4.78, 5) is 0. The van der Waals surface area contributed by atoms with E-state index in [1.165, 1.54) is 0 Å². The normalized spacial score (nSPS) is 16.4. The number of unbranched alkanes of at least 4 members (excludes halogenated alkanes) is 1. The summed E-state index contributed by atoms with van der Waals surface area (Å²) in [5.74, 6) is 0. The van der Waals surface area contributed by atoms with E-state index < -0.39 is 5.60 Å². The second-order valence-corrected chi connectivity index (χ2v) is 3.74. The SMILES string of the molecule is CCC(C)(O)CCC/C=C(\C)C#N. The summed E-state index contributed by atoms with van der Waals surface area (Å²) in [5.41, 5.74) is 0.227. The Morgan fingerprint density at radius 3 is 2.69 bits per heavy atom. The van der Waals surface area contributed by atoms with Crippen LogP contribution in [0, 0.1) is 11.3 Å². The molecule has 0 saturated carbocycles. The van der Waals surface area contributed by atoms with Gasteiger partial charge in [0.05, 0.1) is 11.7 Å². The zero-order valence-electron chi connectivity index (χ0n) is 8.80. The Morgan fingerprint density at radius 2 is 2.23 bits per heavy atom. The highest BCUT2D eigenvalue weighted by molar-refractivity contribution is 5.16. The minimum absolute atomic E-state index is 0.533. The van der Waals surface area contributed by atoms with Crippen LogP contribution in [-0.2, 0) is 0 Å². The average molecular weight is 181 g/mol. The van der Waals surface area contributed by atoms with E-state index >= 15 is 0 Å². The van der Waals surface area contributed by atoms with Gasteiger partial charge in [-0.2, -0.15) is 5.26 Å². The molecule has 0 aliphatic heterocycles. The monoisotopic (exact) mass is 181 g/mol. The first-order valence-electron chi connectivity index (χ1n) is 4.81. The molecular formula is C11H19NO. The van der Waals surface area contributed by atoms with Gasteiger partial charge in [-0.15, -0.1) is 0 Å². The predicted octanol–water partition coefficient (Wildman–Crippen LogP) is 2.79. The van der Waals surface area contributed by atoms with Crippen molar-refractivity contribution in [2.75, 3.05) is 0 Å². The average Bonchev–Trinajstić information content (AvgIpc) is 2.12. The van der Waals surface area contributed by atoms with Crippen molar-refractivity contribution in [2.24, 2.45) is 0 Å². The Morgan fingerprint density at radius 1 is 1.62 bits per heavy atom. The fraction of sp³-hybridized carbons (Fsp3) is 0.727. The first-order chi connectivity index (χ1) is 6.02. The largest absolute Gasteiger partial charge is 0.390 e. The van der Waals surface area contributed by atoms with Crippen molar-refractivity contribution in [3.63, 3.8) is 0 Å². The zero-order valence-corrected chi connectivity index (χ0v) is 8.80. The van der Waals surface area contributed by atoms with Gasteiger partial charge in [-0.25, -0.2) is 0 Å². The van der Waals surface area contributed by atoms with E-state index in [1.807, 2.05) is 19.9 Å². The lowest BCUT2D eigenvalue weighted by atomic mass is 9.96. The van der Waals surface area contributed by atoms with Crippen LogP contribution in [0.1, 0.15) is 46.5 Å². The molecular weight excluding hydrogens is 162 g/mol. The van der Waals surface area contributed by atoms with Crippen molar-refractivity contribution in [2.45, 2.75) is 52.1 Å². The molecule has 0 heterocycles. The molecule has 1 N–H and O–H groups in total. The van der Waals surface area contributed by atoms with Gasteiger partial charge in [0.2, 0.25) is 0 Å². The van der Waals surface area contributed by atoms with Crippen LogP contribution in [0.15, 0.2) is 11.6 Å². The first kappa shape index (κ1) is 12.2. The molecule has 0 saturated heterocycles. The standard InChI is InChI=1S/C11H19NO/c1-4-11(3,13)8-6-5-7-10(2)9-12/h7,13H,4-6,8H2,1-3H3/b10-7+. The minimum atomic E-state index is -0.533. The van der Waals surface area contributed by atoms with Crippen molar-refractivity contribution >= 4 is 0 Å². The number of nitrogens with zero attached hydrogens (tertiary/aromatic N) is 1. The molecule has 2 heteroatoms. The van der Waals surface area contributed by atoms with Crippen LogP contribution >= 0.6 is 0 Å². The van der Waals surface area contributed by atoms with E-state index in [4.69, 9.17) is 5.26 Å². The third kappa shape index (κ3) is 6.36. The number of hydrogen-bond donors (Lipinski definition) is 1. The highest BCUT2D eigenvalue weighted by atomic mass is 16.3. The van der Waals surface area contributed by atoms with Crippen LogP contribution in [0.2, 0.25) is 0 Å². The van der Waals surface area contributed by atoms with Gasteiger partial charge in [-0.1, -0.05) is 13.0 Å². The number of rotatable bonds is 5. The van der Waals surface area contributed by atoms with Crippen LogP contribution < -0.4 is 0 Å². The number of aliphatic hydroxyl groups is 1. The highest BCUT2D eigenvalue weighted by Crippen LogP contribution is 2.17. The fourth-order valence-electron chi connectivity index (χ4n) is 1.02. The molecule has 0 radical (unpaired) electrons. The van der Waals surface area contributed by atoms with Crippen molar-refractivity contribution in [1.29, 1.82) is 5.26 Å². The van der Waals surface area contributed by atoms with Gasteiger partial charge in [0, 0.05) is 5.57 Å². The maximum absolute atomic E-state index is 9.66. The lowest BCUT2D eigenvalue weighted by Crippen LogP contribution is -2.21. The van der Waals surface area contributed by atoms with Gasteiger partial charge in [0.25, 0.3) is 0 Å². The highest BCUT2D eigenvalue weighted by Gasteiger charge is 2.15. The molecule has 13 heavy (non-hydrogen) atoms. The maximum Gasteiger partial charge on any atom is 0.0940 e. The van der Waals surface area contributed by atoms with Crippen LogP contribution in [-0.4, -0.2) is 10.7 Å². The van der Waals surface area contributed by atoms with Crippen LogP contribution in [0.4, 0.5) is 0 Å². The lowest BCUT2D eigenvalue weighted by Gasteiger charge is -2.20. The molecule has 0 spiro atoms. The van der Waals surface area contributed by atoms with Crippen LogP contribution in [0.5, 0.6) is 0 Å². The van der Waals surface area contributed by atoms with Gasteiger partial charge >= 0.3 is 0 Å². The molecule has 0 rings (SSSR count). The predicted molar refractivity (Wildman–Crippen MR) is 54.1 cm³/mol. The van der Waals surface area contributed by atoms with Gasteiger partial charge in [-0.3, -0.25) is 0 Å². The van der Waals surface area contributed by atoms with E-state index in [-0.39, 0.29) is 0 Å². The van der Waals surface area contributed by atoms with E-state index in [1.54, 1.807) is 6.92 Å². The Hall–Kier alpha value is -0.810. The first-order valence-corrected chi connectivity index (χ1v) is 4.81. The van der Waals surface area contributed by atoms with Gasteiger partial charge < -0.3 is 5.11 Å². The summed E-state index contributed by atoms with van der Waals surface area (Å²) in [5, 5.41) is 18.1. The Bertz CT molecular complexity index is 211. The van der Waals surface area contributed by atoms with Crippen molar-refractivity contribution in [1.82, 2.24) is 0 Å². The van der Waals surface area contributed by atoms with E-state index in [2.05, 4.69) is 6.07 Å². The van der Waals surface area contributed by atoms with Crippen molar-refractivity contribution < 1.29 is 5.11 Å². The number of nitriles is 1. The van der Waals surface area contributed by atoms with E-state index in [0.29, 0.717) is 0 Å². The molecule has 1 atom stereocenters. The summed E-state index contributed by atoms with van der Waals surface area (Å²) in [6.45, 7) is 5.64. The molecule has 0 aliphatic carbocycles. The second-order valence-electron chi connectivity index (χ2n) is 3.74. The lowest BCUT2D eigenvalue weighted by molar-refractivity contribution is 0.0452. The summed E-state index contributed by atoms with van der Waals surface area (Å²) in [6, 6.07) is 2.08. The van der Waals surface area contributed by atoms with Crippen LogP contribution in [0.3, 0.4) is 0 Å². The Kier molecular flexibility index (Phi) is 5.41. The topological polar surface area (TPSA) is 44.0 Å². The van der Waals surface area contributed by atoms with Gasteiger partial charge in [-0.05, 0) is 39.5 Å². The number of hydrogen-bond acceptors (Lipinski definition) is 2. The minimum Gasteiger partial charge on any atom is -0.390 e.